The van der Waals surface area contributed by atoms with Crippen LogP contribution in [-0.4, -0.2) is 74.0 Å². The van der Waals surface area contributed by atoms with Gasteiger partial charge in [-0.1, -0.05) is 38.1 Å². The summed E-state index contributed by atoms with van der Waals surface area (Å²) in [6, 6.07) is 14.0. The Morgan fingerprint density at radius 1 is 1.06 bits per heavy atom. The Hall–Kier alpha value is -3.32. The van der Waals surface area contributed by atoms with Crippen LogP contribution in [0.15, 0.2) is 54.1 Å². The van der Waals surface area contributed by atoms with E-state index in [9.17, 15) is 14.7 Å². The Bertz CT molecular complexity index is 1040. The van der Waals surface area contributed by atoms with E-state index in [1.54, 1.807) is 36.3 Å². The fraction of sp³-hybridized carbons (Fsp3) is 0.407. The number of hydrogen-bond acceptors (Lipinski definition) is 6. The summed E-state index contributed by atoms with van der Waals surface area (Å²) in [4.78, 5) is 32.2. The molecular formula is C27H35N3O4. The van der Waals surface area contributed by atoms with E-state index in [1.165, 1.54) is 0 Å². The second-order valence-corrected chi connectivity index (χ2v) is 8.59. The first-order chi connectivity index (χ1) is 16.3. The van der Waals surface area contributed by atoms with Crippen molar-refractivity contribution in [3.8, 4) is 5.75 Å². The number of carbonyl (C=O) groups is 2. The normalized spacial score (nSPS) is 17.5. The van der Waals surface area contributed by atoms with Crippen LogP contribution in [-0.2, 0) is 9.59 Å². The molecule has 182 valence electrons. The maximum atomic E-state index is 13.2. The Labute approximate surface area is 202 Å². The first kappa shape index (κ1) is 25.3. The number of benzene rings is 2. The molecule has 34 heavy (non-hydrogen) atoms. The molecule has 1 N–H and O–H groups in total. The van der Waals surface area contributed by atoms with E-state index in [0.717, 1.165) is 37.3 Å². The van der Waals surface area contributed by atoms with Gasteiger partial charge in [-0.3, -0.25) is 9.59 Å². The van der Waals surface area contributed by atoms with Gasteiger partial charge >= 0.3 is 0 Å². The van der Waals surface area contributed by atoms with Crippen molar-refractivity contribution in [3.63, 3.8) is 0 Å². The van der Waals surface area contributed by atoms with Crippen LogP contribution in [0, 0.1) is 0 Å². The number of carbonyl (C=O) groups excluding carboxylic acids is 2. The molecule has 1 unspecified atom stereocenters. The van der Waals surface area contributed by atoms with Crippen LogP contribution in [0.1, 0.15) is 37.4 Å². The van der Waals surface area contributed by atoms with E-state index in [0.29, 0.717) is 17.9 Å². The molecule has 2 aromatic carbocycles. The first-order valence-corrected chi connectivity index (χ1v) is 11.7. The molecule has 7 heteroatoms. The molecule has 0 radical (unpaired) electrons. The summed E-state index contributed by atoms with van der Waals surface area (Å²) in [5.41, 5.74) is 2.35. The second kappa shape index (κ2) is 11.2. The van der Waals surface area contributed by atoms with Crippen LogP contribution < -0.4 is 9.64 Å². The van der Waals surface area contributed by atoms with Gasteiger partial charge in [0.2, 0.25) is 0 Å². The van der Waals surface area contributed by atoms with Gasteiger partial charge in [0, 0.05) is 31.9 Å². The number of Topliss-reactive ketones (excluding diaryl/α,β-unsaturated/α-hetero) is 1. The van der Waals surface area contributed by atoms with E-state index in [1.807, 2.05) is 43.3 Å². The van der Waals surface area contributed by atoms with E-state index in [4.69, 9.17) is 4.74 Å². The van der Waals surface area contributed by atoms with Gasteiger partial charge in [-0.05, 0) is 55.9 Å². The number of rotatable bonds is 10. The predicted molar refractivity (Wildman–Crippen MR) is 135 cm³/mol. The quantitative estimate of drug-likeness (QED) is 0.326. The topological polar surface area (TPSA) is 73.3 Å². The lowest BCUT2D eigenvalue weighted by molar-refractivity contribution is -0.140. The van der Waals surface area contributed by atoms with Gasteiger partial charge in [-0.25, -0.2) is 0 Å². The highest BCUT2D eigenvalue weighted by Gasteiger charge is 2.45. The lowest BCUT2D eigenvalue weighted by atomic mass is 9.95. The number of ether oxygens (including phenoxy) is 1. The zero-order valence-corrected chi connectivity index (χ0v) is 20.7. The van der Waals surface area contributed by atoms with Gasteiger partial charge in [0.05, 0.1) is 18.7 Å². The van der Waals surface area contributed by atoms with Crippen molar-refractivity contribution in [3.05, 3.63) is 65.2 Å². The summed E-state index contributed by atoms with van der Waals surface area (Å²) in [5.74, 6) is -0.870. The molecule has 7 nitrogen and oxygen atoms in total. The van der Waals surface area contributed by atoms with Crippen molar-refractivity contribution in [2.75, 3.05) is 52.3 Å². The van der Waals surface area contributed by atoms with Gasteiger partial charge < -0.3 is 24.5 Å². The standard InChI is InChI=1S/C27H35N3O4/c1-6-29(7-2)16-9-17-30-24(19-12-14-21(15-13-19)28(3)4)23(26(32)27(30)33)25(31)20-10-8-11-22(18-20)34-5/h8,10-15,18,24,31H,6-7,9,16-17H2,1-5H3. The van der Waals surface area contributed by atoms with Gasteiger partial charge in [-0.15, -0.1) is 0 Å². The minimum atomic E-state index is -0.662. The van der Waals surface area contributed by atoms with Crippen LogP contribution in [0.2, 0.25) is 0 Å². The van der Waals surface area contributed by atoms with Crippen molar-refractivity contribution >= 4 is 23.1 Å². The average Bonchev–Trinajstić information content (AvgIpc) is 3.11. The number of amides is 1. The average molecular weight is 466 g/mol. The van der Waals surface area contributed by atoms with Crippen molar-refractivity contribution in [2.45, 2.75) is 26.3 Å². The smallest absolute Gasteiger partial charge is 0.295 e. The van der Waals surface area contributed by atoms with Gasteiger partial charge in [0.25, 0.3) is 11.7 Å². The van der Waals surface area contributed by atoms with Crippen molar-refractivity contribution < 1.29 is 19.4 Å². The van der Waals surface area contributed by atoms with Crippen LogP contribution in [0.5, 0.6) is 5.75 Å². The van der Waals surface area contributed by atoms with Gasteiger partial charge in [0.1, 0.15) is 11.5 Å². The van der Waals surface area contributed by atoms with Crippen molar-refractivity contribution in [2.24, 2.45) is 0 Å². The highest BCUT2D eigenvalue weighted by Crippen LogP contribution is 2.40. The molecule has 0 saturated carbocycles. The number of aliphatic hydroxyl groups is 1. The highest BCUT2D eigenvalue weighted by molar-refractivity contribution is 6.46. The van der Waals surface area contributed by atoms with Gasteiger partial charge in [-0.2, -0.15) is 0 Å². The number of likely N-dealkylation sites (tertiary alicyclic amines) is 1. The summed E-state index contributed by atoms with van der Waals surface area (Å²) < 4.78 is 5.28. The van der Waals surface area contributed by atoms with E-state index in [2.05, 4.69) is 18.7 Å². The SMILES string of the molecule is CCN(CC)CCCN1C(=O)C(=O)C(=C(O)c2cccc(OC)c2)C1c1ccc(N(C)C)cc1. The molecular weight excluding hydrogens is 430 g/mol. The molecule has 1 heterocycles. The molecule has 0 spiro atoms. The second-order valence-electron chi connectivity index (χ2n) is 8.59. The molecule has 1 fully saturated rings. The largest absolute Gasteiger partial charge is 0.507 e. The number of ketones is 1. The third-order valence-electron chi connectivity index (χ3n) is 6.38. The molecule has 1 aliphatic heterocycles. The minimum absolute atomic E-state index is 0.110. The highest BCUT2D eigenvalue weighted by atomic mass is 16.5. The van der Waals surface area contributed by atoms with Crippen molar-refractivity contribution in [1.82, 2.24) is 9.80 Å². The maximum absolute atomic E-state index is 13.2. The Kier molecular flexibility index (Phi) is 8.34. The summed E-state index contributed by atoms with van der Waals surface area (Å²) in [6.45, 7) is 7.34. The fourth-order valence-electron chi connectivity index (χ4n) is 4.34. The van der Waals surface area contributed by atoms with E-state index in [-0.39, 0.29) is 11.3 Å². The number of hydrogen-bond donors (Lipinski definition) is 1. The maximum Gasteiger partial charge on any atom is 0.295 e. The Morgan fingerprint density at radius 2 is 1.74 bits per heavy atom. The lowest BCUT2D eigenvalue weighted by Crippen LogP contribution is -2.33. The predicted octanol–water partition coefficient (Wildman–Crippen LogP) is 3.91. The molecule has 0 bridgehead atoms. The van der Waals surface area contributed by atoms with Crippen molar-refractivity contribution in [1.29, 1.82) is 0 Å². The monoisotopic (exact) mass is 465 g/mol. The third-order valence-corrected chi connectivity index (χ3v) is 6.38. The summed E-state index contributed by atoms with van der Waals surface area (Å²) >= 11 is 0. The van der Waals surface area contributed by atoms with E-state index < -0.39 is 17.7 Å². The zero-order valence-electron chi connectivity index (χ0n) is 20.7. The summed E-state index contributed by atoms with van der Waals surface area (Å²) in [7, 11) is 5.45. The summed E-state index contributed by atoms with van der Waals surface area (Å²) in [6.07, 6.45) is 0.736. The van der Waals surface area contributed by atoms with E-state index >= 15 is 0 Å². The fourth-order valence-corrected chi connectivity index (χ4v) is 4.34. The molecule has 2 aromatic rings. The number of anilines is 1. The summed E-state index contributed by atoms with van der Waals surface area (Å²) in [5, 5.41) is 11.2. The Morgan fingerprint density at radius 3 is 2.32 bits per heavy atom. The molecule has 1 amide bonds. The van der Waals surface area contributed by atoms with Crippen LogP contribution in [0.25, 0.3) is 5.76 Å². The van der Waals surface area contributed by atoms with Crippen LogP contribution >= 0.6 is 0 Å². The molecule has 1 atom stereocenters. The van der Waals surface area contributed by atoms with Crippen LogP contribution in [0.3, 0.4) is 0 Å². The third kappa shape index (κ3) is 5.25. The molecule has 0 aliphatic carbocycles. The van der Waals surface area contributed by atoms with Gasteiger partial charge in [0.15, 0.2) is 0 Å². The number of nitrogens with zero attached hydrogens (tertiary/aromatic N) is 3. The zero-order chi connectivity index (χ0) is 24.8. The Balaban J connectivity index is 2.05. The molecule has 0 aromatic heterocycles. The molecule has 1 saturated heterocycles. The first-order valence-electron chi connectivity index (χ1n) is 11.7. The molecule has 3 rings (SSSR count). The molecule has 1 aliphatic rings. The number of methoxy groups -OCH3 is 1. The van der Waals surface area contributed by atoms with Crippen LogP contribution in [0.4, 0.5) is 5.69 Å². The minimum Gasteiger partial charge on any atom is -0.507 e. The lowest BCUT2D eigenvalue weighted by Gasteiger charge is -2.27. The number of aliphatic hydroxyl groups excluding tert-OH is 1.